The minimum absolute atomic E-state index is 0.0384. The molecule has 1 aromatic heterocycles. The van der Waals surface area contributed by atoms with Crippen LogP contribution in [-0.2, 0) is 10.0 Å². The molecule has 1 aliphatic rings. The fourth-order valence-corrected chi connectivity index (χ4v) is 4.92. The molecule has 0 aliphatic carbocycles. The van der Waals surface area contributed by atoms with Crippen molar-refractivity contribution in [2.75, 3.05) is 18.9 Å². The first-order valence-electron chi connectivity index (χ1n) is 10.9. The van der Waals surface area contributed by atoms with Gasteiger partial charge in [0.1, 0.15) is 5.84 Å². The molecule has 1 amide bonds. The van der Waals surface area contributed by atoms with Gasteiger partial charge in [-0.3, -0.25) is 4.79 Å². The van der Waals surface area contributed by atoms with Crippen LogP contribution in [0.2, 0.25) is 0 Å². The van der Waals surface area contributed by atoms with Crippen LogP contribution in [0.5, 0.6) is 0 Å². The van der Waals surface area contributed by atoms with E-state index in [-0.39, 0.29) is 10.6 Å². The summed E-state index contributed by atoms with van der Waals surface area (Å²) in [5.74, 6) is 0.154. The number of rotatable bonds is 5. The lowest BCUT2D eigenvalue weighted by Crippen LogP contribution is -2.26. The maximum Gasteiger partial charge on any atom is 0.284 e. The van der Waals surface area contributed by atoms with Gasteiger partial charge in [-0.15, -0.1) is 4.40 Å². The molecular formula is C24H27N5O3S. The molecule has 0 bridgehead atoms. The Morgan fingerprint density at radius 1 is 1.03 bits per heavy atom. The average Bonchev–Trinajstić information content (AvgIpc) is 3.09. The third-order valence-corrected chi connectivity index (χ3v) is 6.87. The number of amides is 1. The number of nitrogens with zero attached hydrogens (tertiary/aromatic N) is 4. The number of benzene rings is 2. The Hall–Kier alpha value is -3.46. The van der Waals surface area contributed by atoms with E-state index in [1.807, 2.05) is 49.2 Å². The van der Waals surface area contributed by atoms with E-state index in [0.717, 1.165) is 37.2 Å². The molecule has 1 N–H and O–H groups in total. The van der Waals surface area contributed by atoms with Crippen LogP contribution in [0.15, 0.2) is 70.0 Å². The minimum Gasteiger partial charge on any atom is -0.362 e. The zero-order valence-electron chi connectivity index (χ0n) is 18.7. The maximum absolute atomic E-state index is 12.9. The van der Waals surface area contributed by atoms with E-state index in [1.165, 1.54) is 12.1 Å². The Bertz CT molecular complexity index is 1280. The standard InChI is InChI=1S/C24H27N5O3S/c1-18-16-22(26-29(18)20-11-5-3-6-12-20)24(30)25-19-10-9-13-21(17-19)33(31,32)27-23-14-7-4-8-15-28(23)2/h3,5-6,9-13,16-17H,4,7-8,14-15H2,1-2H3,(H,25,30). The summed E-state index contributed by atoms with van der Waals surface area (Å²) in [6, 6.07) is 17.4. The first-order chi connectivity index (χ1) is 15.8. The molecule has 0 spiro atoms. The summed E-state index contributed by atoms with van der Waals surface area (Å²) in [5.41, 5.74) is 2.27. The van der Waals surface area contributed by atoms with Crippen molar-refractivity contribution < 1.29 is 13.2 Å². The monoisotopic (exact) mass is 465 g/mol. The summed E-state index contributed by atoms with van der Waals surface area (Å²) in [6.07, 6.45) is 3.64. The number of hydrogen-bond donors (Lipinski definition) is 1. The topological polar surface area (TPSA) is 96.7 Å². The van der Waals surface area contributed by atoms with Gasteiger partial charge in [-0.05, 0) is 56.2 Å². The molecule has 2 aromatic carbocycles. The van der Waals surface area contributed by atoms with Gasteiger partial charge in [0.2, 0.25) is 0 Å². The van der Waals surface area contributed by atoms with E-state index >= 15 is 0 Å². The molecule has 33 heavy (non-hydrogen) atoms. The zero-order valence-corrected chi connectivity index (χ0v) is 19.5. The molecule has 1 aliphatic heterocycles. The van der Waals surface area contributed by atoms with Gasteiger partial charge >= 0.3 is 0 Å². The van der Waals surface area contributed by atoms with E-state index in [0.29, 0.717) is 17.9 Å². The lowest BCUT2D eigenvalue weighted by Gasteiger charge is -2.17. The highest BCUT2D eigenvalue weighted by Crippen LogP contribution is 2.21. The second-order valence-corrected chi connectivity index (χ2v) is 9.72. The van der Waals surface area contributed by atoms with Gasteiger partial charge < -0.3 is 10.2 Å². The molecule has 0 radical (unpaired) electrons. The molecular weight excluding hydrogens is 438 g/mol. The highest BCUT2D eigenvalue weighted by atomic mass is 32.2. The highest BCUT2D eigenvalue weighted by molar-refractivity contribution is 7.90. The summed E-state index contributed by atoms with van der Waals surface area (Å²) in [7, 11) is -2.03. The predicted octanol–water partition coefficient (Wildman–Crippen LogP) is 4.03. The van der Waals surface area contributed by atoms with Crippen LogP contribution in [0.1, 0.15) is 41.9 Å². The second kappa shape index (κ2) is 9.58. The summed E-state index contributed by atoms with van der Waals surface area (Å²) in [4.78, 5) is 14.7. The molecule has 2 heterocycles. The van der Waals surface area contributed by atoms with Crippen molar-refractivity contribution in [1.82, 2.24) is 14.7 Å². The first-order valence-corrected chi connectivity index (χ1v) is 12.4. The summed E-state index contributed by atoms with van der Waals surface area (Å²) < 4.78 is 31.6. The van der Waals surface area contributed by atoms with Crippen LogP contribution in [0.3, 0.4) is 0 Å². The van der Waals surface area contributed by atoms with Crippen molar-refractivity contribution >= 4 is 27.5 Å². The third-order valence-electron chi connectivity index (χ3n) is 5.57. The van der Waals surface area contributed by atoms with E-state index in [4.69, 9.17) is 0 Å². The maximum atomic E-state index is 12.9. The van der Waals surface area contributed by atoms with Gasteiger partial charge in [0.15, 0.2) is 5.69 Å². The van der Waals surface area contributed by atoms with Gasteiger partial charge in [0, 0.05) is 31.4 Å². The fraction of sp³-hybridized carbons (Fsp3) is 0.292. The van der Waals surface area contributed by atoms with E-state index in [9.17, 15) is 13.2 Å². The first kappa shape index (κ1) is 22.7. The van der Waals surface area contributed by atoms with Gasteiger partial charge in [-0.1, -0.05) is 30.7 Å². The van der Waals surface area contributed by atoms with Crippen LogP contribution < -0.4 is 5.32 Å². The number of anilines is 1. The summed E-state index contributed by atoms with van der Waals surface area (Å²) in [6.45, 7) is 2.66. The van der Waals surface area contributed by atoms with Crippen LogP contribution >= 0.6 is 0 Å². The number of aryl methyl sites for hydroxylation is 1. The van der Waals surface area contributed by atoms with Crippen molar-refractivity contribution in [2.45, 2.75) is 37.5 Å². The highest BCUT2D eigenvalue weighted by Gasteiger charge is 2.20. The number of carbonyl (C=O) groups is 1. The van der Waals surface area contributed by atoms with Crippen LogP contribution in [0.4, 0.5) is 5.69 Å². The molecule has 3 aromatic rings. The quantitative estimate of drug-likeness (QED) is 0.614. The Kier molecular flexibility index (Phi) is 6.60. The number of carbonyl (C=O) groups excluding carboxylic acids is 1. The lowest BCUT2D eigenvalue weighted by molar-refractivity contribution is 0.102. The van der Waals surface area contributed by atoms with Gasteiger partial charge in [-0.25, -0.2) is 4.68 Å². The van der Waals surface area contributed by atoms with Gasteiger partial charge in [0.25, 0.3) is 15.9 Å². The van der Waals surface area contributed by atoms with Crippen molar-refractivity contribution in [3.63, 3.8) is 0 Å². The number of amidine groups is 1. The molecule has 172 valence electrons. The molecule has 4 rings (SSSR count). The normalized spacial score (nSPS) is 15.9. The number of likely N-dealkylation sites (tertiary alicyclic amines) is 1. The molecule has 0 atom stereocenters. The average molecular weight is 466 g/mol. The van der Waals surface area contributed by atoms with Crippen LogP contribution in [-0.4, -0.2) is 48.4 Å². The molecule has 1 fully saturated rings. The van der Waals surface area contributed by atoms with Crippen LogP contribution in [0, 0.1) is 6.92 Å². The number of nitrogens with one attached hydrogen (secondary N) is 1. The van der Waals surface area contributed by atoms with Crippen molar-refractivity contribution in [2.24, 2.45) is 4.40 Å². The van der Waals surface area contributed by atoms with Gasteiger partial charge in [0.05, 0.1) is 10.6 Å². The van der Waals surface area contributed by atoms with Crippen molar-refractivity contribution in [1.29, 1.82) is 0 Å². The second-order valence-electron chi connectivity index (χ2n) is 8.12. The van der Waals surface area contributed by atoms with Crippen LogP contribution in [0.25, 0.3) is 5.69 Å². The Morgan fingerprint density at radius 3 is 2.61 bits per heavy atom. The Balaban J connectivity index is 1.54. The number of para-hydroxylation sites is 1. The van der Waals surface area contributed by atoms with Gasteiger partial charge in [-0.2, -0.15) is 13.5 Å². The summed E-state index contributed by atoms with van der Waals surface area (Å²) in [5, 5.41) is 7.15. The molecule has 9 heteroatoms. The predicted molar refractivity (Wildman–Crippen MR) is 128 cm³/mol. The Labute approximate surface area is 194 Å². The minimum atomic E-state index is -3.90. The SMILES string of the molecule is Cc1cc(C(=O)Nc2cccc(S(=O)(=O)N=C3CCCCCN3C)c2)nn1-c1ccccc1. The lowest BCUT2D eigenvalue weighted by atomic mass is 10.2. The zero-order chi connectivity index (χ0) is 23.4. The Morgan fingerprint density at radius 2 is 1.82 bits per heavy atom. The number of sulfonamides is 1. The third kappa shape index (κ3) is 5.31. The molecule has 1 saturated heterocycles. The summed E-state index contributed by atoms with van der Waals surface area (Å²) >= 11 is 0. The van der Waals surface area contributed by atoms with Crippen molar-refractivity contribution in [3.8, 4) is 5.69 Å². The van der Waals surface area contributed by atoms with E-state index in [2.05, 4.69) is 14.8 Å². The molecule has 0 unspecified atom stereocenters. The number of hydrogen-bond acceptors (Lipinski definition) is 4. The smallest absolute Gasteiger partial charge is 0.284 e. The molecule has 8 nitrogen and oxygen atoms in total. The molecule has 0 saturated carbocycles. The number of aromatic nitrogens is 2. The fourth-order valence-electron chi connectivity index (χ4n) is 3.78. The largest absolute Gasteiger partial charge is 0.362 e. The van der Waals surface area contributed by atoms with E-state index in [1.54, 1.807) is 22.9 Å². The van der Waals surface area contributed by atoms with E-state index < -0.39 is 15.9 Å². The van der Waals surface area contributed by atoms with Crippen molar-refractivity contribution in [3.05, 3.63) is 72.1 Å².